The van der Waals surface area contributed by atoms with E-state index in [9.17, 15) is 8.42 Å². The van der Waals surface area contributed by atoms with E-state index in [2.05, 4.69) is 15.0 Å². The van der Waals surface area contributed by atoms with Crippen LogP contribution in [-0.4, -0.2) is 38.0 Å². The lowest BCUT2D eigenvalue weighted by Gasteiger charge is -2.13. The number of aromatic nitrogens is 1. The maximum Gasteiger partial charge on any atom is 0.258 e. The predicted molar refractivity (Wildman–Crippen MR) is 77.7 cm³/mol. The molecule has 106 valence electrons. The Balaban J connectivity index is 2.02. The second kappa shape index (κ2) is 5.78. The quantitative estimate of drug-likeness (QED) is 0.785. The van der Waals surface area contributed by atoms with Gasteiger partial charge in [0.25, 0.3) is 10.0 Å². The smallest absolute Gasteiger partial charge is 0.258 e. The molecule has 1 aromatic heterocycles. The zero-order chi connectivity index (χ0) is 13.9. The Kier molecular flexibility index (Phi) is 4.50. The van der Waals surface area contributed by atoms with Gasteiger partial charge in [-0.25, -0.2) is 18.1 Å². The molecule has 0 saturated heterocycles. The molecular weight excluding hydrogens is 282 g/mol. The molecule has 0 aliphatic heterocycles. The van der Waals surface area contributed by atoms with Gasteiger partial charge in [-0.05, 0) is 37.8 Å². The third-order valence-corrected chi connectivity index (χ3v) is 6.01. The van der Waals surface area contributed by atoms with E-state index in [0.29, 0.717) is 13.1 Å². The molecule has 0 amide bonds. The van der Waals surface area contributed by atoms with E-state index in [4.69, 9.17) is 0 Å². The van der Waals surface area contributed by atoms with Crippen LogP contribution in [0.5, 0.6) is 0 Å². The number of thioether (sulfide) groups is 1. The summed E-state index contributed by atoms with van der Waals surface area (Å²) in [5.74, 6) is 0. The van der Waals surface area contributed by atoms with Crippen LogP contribution >= 0.6 is 11.8 Å². The first-order valence-corrected chi connectivity index (χ1v) is 8.86. The summed E-state index contributed by atoms with van der Waals surface area (Å²) >= 11 is 1.73. The fourth-order valence-corrected chi connectivity index (χ4v) is 3.64. The Morgan fingerprint density at radius 3 is 2.63 bits per heavy atom. The normalized spacial score (nSPS) is 17.4. The van der Waals surface area contributed by atoms with Gasteiger partial charge in [0.2, 0.25) is 0 Å². The van der Waals surface area contributed by atoms with Crippen molar-refractivity contribution >= 4 is 21.8 Å². The first-order chi connectivity index (χ1) is 9.01. The van der Waals surface area contributed by atoms with Gasteiger partial charge in [-0.1, -0.05) is 6.07 Å². The van der Waals surface area contributed by atoms with E-state index in [1.807, 2.05) is 13.3 Å². The van der Waals surface area contributed by atoms with Gasteiger partial charge in [0.05, 0.1) is 0 Å². The highest BCUT2D eigenvalue weighted by atomic mass is 32.2. The van der Waals surface area contributed by atoms with E-state index >= 15 is 0 Å². The minimum absolute atomic E-state index is 0.0873. The number of nitrogens with one attached hydrogen (secondary N) is 2. The Bertz CT molecular complexity index is 524. The van der Waals surface area contributed by atoms with Gasteiger partial charge in [-0.2, -0.15) is 11.8 Å². The van der Waals surface area contributed by atoms with Crippen LogP contribution in [0.15, 0.2) is 23.4 Å². The third kappa shape index (κ3) is 3.68. The summed E-state index contributed by atoms with van der Waals surface area (Å²) < 4.78 is 27.0. The molecule has 0 bridgehead atoms. The monoisotopic (exact) mass is 301 g/mol. The van der Waals surface area contributed by atoms with Crippen LogP contribution in [0.25, 0.3) is 0 Å². The highest BCUT2D eigenvalue weighted by Gasteiger charge is 2.42. The van der Waals surface area contributed by atoms with Crippen molar-refractivity contribution in [3.63, 3.8) is 0 Å². The number of pyridine rings is 1. The van der Waals surface area contributed by atoms with Gasteiger partial charge in [0.1, 0.15) is 0 Å². The van der Waals surface area contributed by atoms with Crippen LogP contribution < -0.4 is 10.0 Å². The molecule has 0 atom stereocenters. The molecule has 2 rings (SSSR count). The highest BCUT2D eigenvalue weighted by Crippen LogP contribution is 2.46. The summed E-state index contributed by atoms with van der Waals surface area (Å²) in [4.78, 5) is 4.02. The molecule has 19 heavy (non-hydrogen) atoms. The average molecular weight is 301 g/mol. The van der Waals surface area contributed by atoms with Crippen LogP contribution in [0.4, 0.5) is 0 Å². The Morgan fingerprint density at radius 1 is 1.42 bits per heavy atom. The van der Waals surface area contributed by atoms with Crippen molar-refractivity contribution in [2.45, 2.75) is 29.2 Å². The Labute approximate surface area is 118 Å². The van der Waals surface area contributed by atoms with Crippen molar-refractivity contribution in [1.82, 2.24) is 15.0 Å². The molecule has 1 aromatic rings. The third-order valence-electron chi connectivity index (χ3n) is 3.28. The number of hydrogen-bond donors (Lipinski definition) is 2. The zero-order valence-electron chi connectivity index (χ0n) is 11.1. The van der Waals surface area contributed by atoms with Crippen molar-refractivity contribution < 1.29 is 8.42 Å². The van der Waals surface area contributed by atoms with Gasteiger partial charge >= 0.3 is 0 Å². The van der Waals surface area contributed by atoms with Gasteiger partial charge in [-0.15, -0.1) is 0 Å². The lowest BCUT2D eigenvalue weighted by Crippen LogP contribution is -2.32. The molecule has 0 unspecified atom stereocenters. The standard InChI is InChI=1S/C12H19N3O2S2/c1-13-7-10-3-4-11(14-8-10)19(16,17)15-9-12(18-2)5-6-12/h3-4,8,13,15H,5-7,9H2,1-2H3. The summed E-state index contributed by atoms with van der Waals surface area (Å²) in [5, 5.41) is 3.08. The second-order valence-corrected chi connectivity index (χ2v) is 7.73. The lowest BCUT2D eigenvalue weighted by molar-refractivity contribution is 0.575. The van der Waals surface area contributed by atoms with Gasteiger partial charge in [0, 0.05) is 24.0 Å². The first-order valence-electron chi connectivity index (χ1n) is 6.16. The Hall–Kier alpha value is -0.630. The Morgan fingerprint density at radius 2 is 2.16 bits per heavy atom. The van der Waals surface area contributed by atoms with Gasteiger partial charge < -0.3 is 5.32 Å². The molecule has 1 heterocycles. The molecular formula is C12H19N3O2S2. The summed E-state index contributed by atoms with van der Waals surface area (Å²) in [6.07, 6.45) is 5.76. The lowest BCUT2D eigenvalue weighted by atomic mass is 10.3. The van der Waals surface area contributed by atoms with Crippen LogP contribution in [0, 0.1) is 0 Å². The van der Waals surface area contributed by atoms with E-state index in [1.54, 1.807) is 30.1 Å². The van der Waals surface area contributed by atoms with Crippen molar-refractivity contribution in [1.29, 1.82) is 0 Å². The van der Waals surface area contributed by atoms with Crippen molar-refractivity contribution in [2.75, 3.05) is 19.8 Å². The zero-order valence-corrected chi connectivity index (χ0v) is 12.8. The van der Waals surface area contributed by atoms with Crippen molar-refractivity contribution in [3.05, 3.63) is 23.9 Å². The van der Waals surface area contributed by atoms with Crippen LogP contribution in [0.1, 0.15) is 18.4 Å². The molecule has 5 nitrogen and oxygen atoms in total. The van der Waals surface area contributed by atoms with E-state index in [0.717, 1.165) is 18.4 Å². The molecule has 7 heteroatoms. The van der Waals surface area contributed by atoms with Crippen LogP contribution in [-0.2, 0) is 16.6 Å². The minimum Gasteiger partial charge on any atom is -0.316 e. The molecule has 1 aliphatic rings. The second-order valence-electron chi connectivity index (χ2n) is 4.75. The molecule has 1 aliphatic carbocycles. The largest absolute Gasteiger partial charge is 0.316 e. The first kappa shape index (κ1) is 14.8. The van der Waals surface area contributed by atoms with E-state index < -0.39 is 10.0 Å². The van der Waals surface area contributed by atoms with E-state index in [1.165, 1.54) is 0 Å². The van der Waals surface area contributed by atoms with Gasteiger partial charge in [0.15, 0.2) is 5.03 Å². The molecule has 0 spiro atoms. The van der Waals surface area contributed by atoms with Crippen molar-refractivity contribution in [2.24, 2.45) is 0 Å². The maximum atomic E-state index is 12.1. The number of hydrogen-bond acceptors (Lipinski definition) is 5. The van der Waals surface area contributed by atoms with Crippen molar-refractivity contribution in [3.8, 4) is 0 Å². The number of sulfonamides is 1. The maximum absolute atomic E-state index is 12.1. The summed E-state index contributed by atoms with van der Waals surface area (Å²) in [6.45, 7) is 1.16. The fourth-order valence-electron chi connectivity index (χ4n) is 1.77. The van der Waals surface area contributed by atoms with Gasteiger partial charge in [-0.3, -0.25) is 0 Å². The highest BCUT2D eigenvalue weighted by molar-refractivity contribution is 8.00. The molecule has 1 saturated carbocycles. The summed E-state index contributed by atoms with van der Waals surface area (Å²) in [7, 11) is -1.65. The van der Waals surface area contributed by atoms with E-state index in [-0.39, 0.29) is 9.77 Å². The average Bonchev–Trinajstić information content (AvgIpc) is 3.18. The molecule has 0 radical (unpaired) electrons. The number of rotatable bonds is 7. The molecule has 2 N–H and O–H groups in total. The summed E-state index contributed by atoms with van der Waals surface area (Å²) in [6, 6.07) is 3.33. The molecule has 1 fully saturated rings. The molecule has 0 aromatic carbocycles. The minimum atomic E-state index is -3.49. The number of nitrogens with zero attached hydrogens (tertiary/aromatic N) is 1. The van der Waals surface area contributed by atoms with Crippen LogP contribution in [0.3, 0.4) is 0 Å². The predicted octanol–water partition coefficient (Wildman–Crippen LogP) is 0.975. The van der Waals surface area contributed by atoms with Crippen LogP contribution in [0.2, 0.25) is 0 Å². The topological polar surface area (TPSA) is 71.1 Å². The fraction of sp³-hybridized carbons (Fsp3) is 0.583. The SMILES string of the molecule is CNCc1ccc(S(=O)(=O)NCC2(SC)CC2)nc1. The summed E-state index contributed by atoms with van der Waals surface area (Å²) in [5.41, 5.74) is 0.962.